The van der Waals surface area contributed by atoms with Gasteiger partial charge in [-0.2, -0.15) is 0 Å². The first-order valence-corrected chi connectivity index (χ1v) is 5.25. The third kappa shape index (κ3) is 2.97. The second-order valence-electron chi connectivity index (χ2n) is 3.48. The molecule has 1 aromatic carbocycles. The number of nitrogens with zero attached hydrogens (tertiary/aromatic N) is 1. The van der Waals surface area contributed by atoms with Crippen LogP contribution in [-0.2, 0) is 4.79 Å². The summed E-state index contributed by atoms with van der Waals surface area (Å²) in [6.45, 7) is 0.679. The van der Waals surface area contributed by atoms with Crippen molar-refractivity contribution in [3.8, 4) is 5.75 Å². The van der Waals surface area contributed by atoms with Crippen molar-refractivity contribution in [3.05, 3.63) is 24.3 Å². The van der Waals surface area contributed by atoms with Crippen LogP contribution < -0.4 is 15.0 Å². The minimum atomic E-state index is 0.0684. The molecule has 1 amide bonds. The Balaban J connectivity index is 2.78. The van der Waals surface area contributed by atoms with Gasteiger partial charge in [0, 0.05) is 20.0 Å². The van der Waals surface area contributed by atoms with E-state index in [2.05, 4.69) is 5.32 Å². The quantitative estimate of drug-likeness (QED) is 0.815. The number of ether oxygens (including phenoxy) is 1. The highest BCUT2D eigenvalue weighted by Gasteiger charge is 2.13. The average Bonchev–Trinajstić information content (AvgIpc) is 2.34. The summed E-state index contributed by atoms with van der Waals surface area (Å²) in [5.41, 5.74) is 0.797. The number of benzene rings is 1. The van der Waals surface area contributed by atoms with Gasteiger partial charge in [-0.3, -0.25) is 4.79 Å². The highest BCUT2D eigenvalue weighted by molar-refractivity contribution is 5.94. The van der Waals surface area contributed by atoms with Crippen LogP contribution in [0.4, 0.5) is 5.69 Å². The maximum atomic E-state index is 11.8. The maximum absolute atomic E-state index is 11.8. The van der Waals surface area contributed by atoms with Crippen molar-refractivity contribution < 1.29 is 9.53 Å². The first-order valence-electron chi connectivity index (χ1n) is 5.25. The number of hydrogen-bond donors (Lipinski definition) is 1. The van der Waals surface area contributed by atoms with E-state index in [4.69, 9.17) is 4.74 Å². The number of nitrogens with one attached hydrogen (secondary N) is 1. The summed E-state index contributed by atoms with van der Waals surface area (Å²) in [5.74, 6) is 0.779. The molecule has 0 aliphatic carbocycles. The van der Waals surface area contributed by atoms with Gasteiger partial charge >= 0.3 is 0 Å². The van der Waals surface area contributed by atoms with Crippen LogP contribution in [0.25, 0.3) is 0 Å². The van der Waals surface area contributed by atoms with Crippen LogP contribution in [0.3, 0.4) is 0 Å². The molecule has 4 heteroatoms. The molecule has 0 aliphatic heterocycles. The van der Waals surface area contributed by atoms with Gasteiger partial charge in [-0.1, -0.05) is 12.1 Å². The molecule has 0 saturated heterocycles. The largest absolute Gasteiger partial charge is 0.495 e. The second-order valence-corrected chi connectivity index (χ2v) is 3.48. The highest BCUT2D eigenvalue weighted by atomic mass is 16.5. The Morgan fingerprint density at radius 2 is 2.12 bits per heavy atom. The fraction of sp³-hybridized carbons (Fsp3) is 0.417. The van der Waals surface area contributed by atoms with E-state index in [0.29, 0.717) is 18.7 Å². The molecule has 0 heterocycles. The summed E-state index contributed by atoms with van der Waals surface area (Å²) in [7, 11) is 5.19. The Morgan fingerprint density at radius 3 is 2.75 bits per heavy atom. The first-order chi connectivity index (χ1) is 7.70. The Hall–Kier alpha value is -1.55. The maximum Gasteiger partial charge on any atom is 0.228 e. The van der Waals surface area contributed by atoms with E-state index in [1.165, 1.54) is 0 Å². The number of amides is 1. The molecular weight excluding hydrogens is 204 g/mol. The molecule has 1 aromatic rings. The van der Waals surface area contributed by atoms with Crippen LogP contribution in [-0.4, -0.2) is 33.7 Å². The van der Waals surface area contributed by atoms with Gasteiger partial charge < -0.3 is 15.0 Å². The molecule has 0 radical (unpaired) electrons. The SMILES string of the molecule is CNCCC(=O)N(C)c1ccccc1OC. The zero-order valence-corrected chi connectivity index (χ0v) is 9.99. The molecular formula is C12H18N2O2. The molecule has 0 aromatic heterocycles. The molecule has 0 fully saturated rings. The topological polar surface area (TPSA) is 41.6 Å². The van der Waals surface area contributed by atoms with Crippen LogP contribution in [0, 0.1) is 0 Å². The third-order valence-corrected chi connectivity index (χ3v) is 2.41. The number of carbonyl (C=O) groups excluding carboxylic acids is 1. The molecule has 4 nitrogen and oxygen atoms in total. The summed E-state index contributed by atoms with van der Waals surface area (Å²) < 4.78 is 5.21. The monoisotopic (exact) mass is 222 g/mol. The molecule has 0 aliphatic rings. The standard InChI is InChI=1S/C12H18N2O2/c1-13-9-8-12(15)14(2)10-6-4-5-7-11(10)16-3/h4-7,13H,8-9H2,1-3H3. The van der Waals surface area contributed by atoms with Gasteiger partial charge in [0.25, 0.3) is 0 Å². The van der Waals surface area contributed by atoms with Crippen molar-refractivity contribution in [2.24, 2.45) is 0 Å². The summed E-state index contributed by atoms with van der Waals surface area (Å²) in [6.07, 6.45) is 0.477. The zero-order valence-electron chi connectivity index (χ0n) is 9.99. The van der Waals surface area contributed by atoms with Crippen molar-refractivity contribution >= 4 is 11.6 Å². The van der Waals surface area contributed by atoms with Crippen LogP contribution >= 0.6 is 0 Å². The van der Waals surface area contributed by atoms with E-state index < -0.39 is 0 Å². The van der Waals surface area contributed by atoms with Gasteiger partial charge in [0.05, 0.1) is 12.8 Å². The normalized spacial score (nSPS) is 9.94. The van der Waals surface area contributed by atoms with E-state index in [0.717, 1.165) is 5.69 Å². The number of hydrogen-bond acceptors (Lipinski definition) is 3. The summed E-state index contributed by atoms with van der Waals surface area (Å²) >= 11 is 0. The molecule has 0 saturated carbocycles. The number of carbonyl (C=O) groups is 1. The number of para-hydroxylation sites is 2. The smallest absolute Gasteiger partial charge is 0.228 e. The first kappa shape index (κ1) is 12.5. The molecule has 16 heavy (non-hydrogen) atoms. The third-order valence-electron chi connectivity index (χ3n) is 2.41. The van der Waals surface area contributed by atoms with Crippen LogP contribution in [0.2, 0.25) is 0 Å². The molecule has 0 atom stereocenters. The highest BCUT2D eigenvalue weighted by Crippen LogP contribution is 2.26. The lowest BCUT2D eigenvalue weighted by molar-refractivity contribution is -0.118. The van der Waals surface area contributed by atoms with Crippen molar-refractivity contribution in [3.63, 3.8) is 0 Å². The molecule has 1 N–H and O–H groups in total. The number of methoxy groups -OCH3 is 1. The van der Waals surface area contributed by atoms with E-state index in [9.17, 15) is 4.79 Å². The van der Waals surface area contributed by atoms with E-state index >= 15 is 0 Å². The molecule has 88 valence electrons. The predicted molar refractivity (Wildman–Crippen MR) is 64.9 cm³/mol. The van der Waals surface area contributed by atoms with Crippen LogP contribution in [0.15, 0.2) is 24.3 Å². The van der Waals surface area contributed by atoms with E-state index in [1.807, 2.05) is 31.3 Å². The summed E-state index contributed by atoms with van der Waals surface area (Å²) in [4.78, 5) is 13.4. The summed E-state index contributed by atoms with van der Waals surface area (Å²) in [6, 6.07) is 7.49. The minimum Gasteiger partial charge on any atom is -0.495 e. The lowest BCUT2D eigenvalue weighted by Crippen LogP contribution is -2.29. The lowest BCUT2D eigenvalue weighted by atomic mass is 10.2. The Kier molecular flexibility index (Phi) is 4.79. The van der Waals surface area contributed by atoms with E-state index in [-0.39, 0.29) is 5.91 Å². The number of rotatable bonds is 5. The zero-order chi connectivity index (χ0) is 12.0. The van der Waals surface area contributed by atoms with Gasteiger partial charge in [-0.05, 0) is 19.2 Å². The van der Waals surface area contributed by atoms with Crippen LogP contribution in [0.5, 0.6) is 5.75 Å². The Bertz CT molecular complexity index is 353. The van der Waals surface area contributed by atoms with Crippen molar-refractivity contribution in [2.75, 3.05) is 32.6 Å². The second kappa shape index (κ2) is 6.12. The Labute approximate surface area is 96.2 Å². The van der Waals surface area contributed by atoms with Gasteiger partial charge in [-0.25, -0.2) is 0 Å². The van der Waals surface area contributed by atoms with E-state index in [1.54, 1.807) is 19.1 Å². The molecule has 0 bridgehead atoms. The molecule has 0 unspecified atom stereocenters. The van der Waals surface area contributed by atoms with Crippen LogP contribution in [0.1, 0.15) is 6.42 Å². The van der Waals surface area contributed by atoms with Gasteiger partial charge in [-0.15, -0.1) is 0 Å². The van der Waals surface area contributed by atoms with Crippen molar-refractivity contribution in [1.82, 2.24) is 5.32 Å². The average molecular weight is 222 g/mol. The fourth-order valence-electron chi connectivity index (χ4n) is 1.44. The molecule has 0 spiro atoms. The van der Waals surface area contributed by atoms with Gasteiger partial charge in [0.15, 0.2) is 0 Å². The minimum absolute atomic E-state index is 0.0684. The predicted octanol–water partition coefficient (Wildman–Crippen LogP) is 1.27. The Morgan fingerprint density at radius 1 is 1.44 bits per heavy atom. The van der Waals surface area contributed by atoms with Crippen molar-refractivity contribution in [2.45, 2.75) is 6.42 Å². The van der Waals surface area contributed by atoms with Gasteiger partial charge in [0.1, 0.15) is 5.75 Å². The lowest BCUT2D eigenvalue weighted by Gasteiger charge is -2.19. The molecule has 1 rings (SSSR count). The number of anilines is 1. The van der Waals surface area contributed by atoms with Gasteiger partial charge in [0.2, 0.25) is 5.91 Å². The van der Waals surface area contributed by atoms with Crippen molar-refractivity contribution in [1.29, 1.82) is 0 Å². The fourth-order valence-corrected chi connectivity index (χ4v) is 1.44. The summed E-state index contributed by atoms with van der Waals surface area (Å²) in [5, 5.41) is 2.95.